The Hall–Kier alpha value is -1.70. The van der Waals surface area contributed by atoms with Crippen LogP contribution in [-0.4, -0.2) is 6.54 Å². The van der Waals surface area contributed by atoms with Crippen LogP contribution in [0.2, 0.25) is 0 Å². The molecule has 0 spiro atoms. The first-order valence-electron chi connectivity index (χ1n) is 4.26. The third kappa shape index (κ3) is 1.90. The molecule has 1 aromatic rings. The molecule has 0 fully saturated rings. The van der Waals surface area contributed by atoms with Gasteiger partial charge in [-0.05, 0) is 6.08 Å². The van der Waals surface area contributed by atoms with Crippen molar-refractivity contribution in [2.45, 2.75) is 0 Å². The summed E-state index contributed by atoms with van der Waals surface area (Å²) in [6.07, 6.45) is 5.95. The monoisotopic (exact) mass is 170 g/mol. The van der Waals surface area contributed by atoms with E-state index in [1.807, 2.05) is 48.6 Å². The summed E-state index contributed by atoms with van der Waals surface area (Å²) >= 11 is 0. The Bertz CT molecular complexity index is 361. The highest BCUT2D eigenvalue weighted by Crippen LogP contribution is 2.16. The molecule has 1 aromatic carbocycles. The average Bonchev–Trinajstić information content (AvgIpc) is 2.47. The second-order valence-electron chi connectivity index (χ2n) is 2.77. The van der Waals surface area contributed by atoms with Gasteiger partial charge in [0.15, 0.2) is 0 Å². The molecule has 64 valence electrons. The summed E-state index contributed by atoms with van der Waals surface area (Å²) in [5, 5.41) is 8.12. The fourth-order valence-corrected chi connectivity index (χ4v) is 1.18. The summed E-state index contributed by atoms with van der Waals surface area (Å²) in [6.45, 7) is 0.673. The van der Waals surface area contributed by atoms with Gasteiger partial charge in [-0.15, -0.1) is 0 Å². The van der Waals surface area contributed by atoms with Gasteiger partial charge in [-0.1, -0.05) is 42.5 Å². The molecular weight excluding hydrogens is 160 g/mol. The largest absolute Gasteiger partial charge is 0.184 e. The minimum absolute atomic E-state index is 0.673. The maximum Gasteiger partial charge on any atom is 0.0924 e. The van der Waals surface area contributed by atoms with Gasteiger partial charge in [-0.2, -0.15) is 10.2 Å². The highest BCUT2D eigenvalue weighted by atomic mass is 15.1. The van der Waals surface area contributed by atoms with E-state index in [4.69, 9.17) is 0 Å². The highest BCUT2D eigenvalue weighted by molar-refractivity contribution is 5.65. The van der Waals surface area contributed by atoms with Gasteiger partial charge in [0.05, 0.1) is 12.2 Å². The molecule has 0 aliphatic carbocycles. The van der Waals surface area contributed by atoms with Crippen molar-refractivity contribution in [1.29, 1.82) is 0 Å². The fourth-order valence-electron chi connectivity index (χ4n) is 1.18. The Kier molecular flexibility index (Phi) is 2.32. The van der Waals surface area contributed by atoms with Crippen LogP contribution in [0.25, 0.3) is 5.70 Å². The van der Waals surface area contributed by atoms with Crippen molar-refractivity contribution < 1.29 is 0 Å². The third-order valence-corrected chi connectivity index (χ3v) is 1.83. The van der Waals surface area contributed by atoms with Crippen molar-refractivity contribution in [3.05, 3.63) is 54.1 Å². The van der Waals surface area contributed by atoms with Gasteiger partial charge in [-0.3, -0.25) is 0 Å². The van der Waals surface area contributed by atoms with E-state index < -0.39 is 0 Å². The number of benzene rings is 1. The molecule has 0 saturated heterocycles. The molecule has 2 rings (SSSR count). The van der Waals surface area contributed by atoms with Crippen molar-refractivity contribution in [3.8, 4) is 0 Å². The molecule has 0 radical (unpaired) electrons. The highest BCUT2D eigenvalue weighted by Gasteiger charge is 1.98. The molecule has 0 aromatic heterocycles. The van der Waals surface area contributed by atoms with Crippen LogP contribution in [0.15, 0.2) is 58.8 Å². The molecule has 0 saturated carbocycles. The first-order valence-corrected chi connectivity index (χ1v) is 4.26. The Morgan fingerprint density at radius 2 is 1.92 bits per heavy atom. The Morgan fingerprint density at radius 3 is 2.77 bits per heavy atom. The lowest BCUT2D eigenvalue weighted by molar-refractivity contribution is 1.09. The number of allylic oxidation sites excluding steroid dienone is 2. The van der Waals surface area contributed by atoms with Crippen molar-refractivity contribution in [2.24, 2.45) is 10.2 Å². The zero-order chi connectivity index (χ0) is 8.93. The average molecular weight is 170 g/mol. The minimum Gasteiger partial charge on any atom is -0.184 e. The summed E-state index contributed by atoms with van der Waals surface area (Å²) in [5.41, 5.74) is 2.03. The lowest BCUT2D eigenvalue weighted by Gasteiger charge is -1.97. The molecule has 2 heteroatoms. The van der Waals surface area contributed by atoms with Crippen LogP contribution < -0.4 is 0 Å². The molecule has 2 nitrogen and oxygen atoms in total. The van der Waals surface area contributed by atoms with E-state index in [9.17, 15) is 0 Å². The summed E-state index contributed by atoms with van der Waals surface area (Å²) in [5.74, 6) is 0. The topological polar surface area (TPSA) is 24.7 Å². The maximum absolute atomic E-state index is 4.12. The van der Waals surface area contributed by atoms with Crippen LogP contribution in [0.4, 0.5) is 0 Å². The number of hydrogen-bond donors (Lipinski definition) is 0. The van der Waals surface area contributed by atoms with Crippen LogP contribution >= 0.6 is 0 Å². The number of nitrogens with zero attached hydrogens (tertiary/aromatic N) is 2. The SMILES string of the molecule is C1=CCN=NC(c2ccccc2)=C1. The molecular formula is C11H10N2. The number of azo groups is 1. The summed E-state index contributed by atoms with van der Waals surface area (Å²) in [7, 11) is 0. The van der Waals surface area contributed by atoms with Crippen molar-refractivity contribution in [1.82, 2.24) is 0 Å². The van der Waals surface area contributed by atoms with Crippen LogP contribution in [0.5, 0.6) is 0 Å². The van der Waals surface area contributed by atoms with E-state index in [1.165, 1.54) is 0 Å². The molecule has 1 aliphatic rings. The predicted octanol–water partition coefficient (Wildman–Crippen LogP) is 3.05. The zero-order valence-electron chi connectivity index (χ0n) is 7.22. The lowest BCUT2D eigenvalue weighted by atomic mass is 10.1. The van der Waals surface area contributed by atoms with Gasteiger partial charge in [-0.25, -0.2) is 0 Å². The van der Waals surface area contributed by atoms with Crippen molar-refractivity contribution >= 4 is 5.70 Å². The quantitative estimate of drug-likeness (QED) is 0.618. The lowest BCUT2D eigenvalue weighted by Crippen LogP contribution is -1.77. The fraction of sp³-hybridized carbons (Fsp3) is 0.0909. The van der Waals surface area contributed by atoms with Crippen LogP contribution in [-0.2, 0) is 0 Å². The van der Waals surface area contributed by atoms with Crippen LogP contribution in [0, 0.1) is 0 Å². The Morgan fingerprint density at radius 1 is 1.08 bits per heavy atom. The van der Waals surface area contributed by atoms with Crippen molar-refractivity contribution in [3.63, 3.8) is 0 Å². The van der Waals surface area contributed by atoms with E-state index in [-0.39, 0.29) is 0 Å². The van der Waals surface area contributed by atoms with E-state index in [0.717, 1.165) is 11.3 Å². The molecule has 0 unspecified atom stereocenters. The summed E-state index contributed by atoms with van der Waals surface area (Å²) in [6, 6.07) is 10.1. The van der Waals surface area contributed by atoms with Gasteiger partial charge < -0.3 is 0 Å². The van der Waals surface area contributed by atoms with E-state index in [2.05, 4.69) is 10.2 Å². The Balaban J connectivity index is 2.36. The summed E-state index contributed by atoms with van der Waals surface area (Å²) < 4.78 is 0. The van der Waals surface area contributed by atoms with Gasteiger partial charge in [0.1, 0.15) is 0 Å². The van der Waals surface area contributed by atoms with Gasteiger partial charge in [0.2, 0.25) is 0 Å². The smallest absolute Gasteiger partial charge is 0.0924 e. The van der Waals surface area contributed by atoms with Gasteiger partial charge in [0.25, 0.3) is 0 Å². The molecule has 1 heterocycles. The third-order valence-electron chi connectivity index (χ3n) is 1.83. The minimum atomic E-state index is 0.673. The Labute approximate surface area is 77.3 Å². The van der Waals surface area contributed by atoms with Gasteiger partial charge >= 0.3 is 0 Å². The number of hydrogen-bond acceptors (Lipinski definition) is 2. The van der Waals surface area contributed by atoms with E-state index >= 15 is 0 Å². The molecule has 1 aliphatic heterocycles. The normalized spacial score (nSPS) is 15.2. The standard InChI is InChI=1S/C11H10N2/c1-2-6-10(7-3-1)11-8-4-5-9-12-13-11/h1-8H,9H2. The van der Waals surface area contributed by atoms with Crippen LogP contribution in [0.1, 0.15) is 5.56 Å². The van der Waals surface area contributed by atoms with E-state index in [1.54, 1.807) is 0 Å². The second kappa shape index (κ2) is 3.81. The molecule has 0 atom stereocenters. The maximum atomic E-state index is 4.12. The second-order valence-corrected chi connectivity index (χ2v) is 2.77. The number of rotatable bonds is 1. The first-order chi connectivity index (χ1) is 6.47. The zero-order valence-corrected chi connectivity index (χ0v) is 7.22. The molecule has 13 heavy (non-hydrogen) atoms. The van der Waals surface area contributed by atoms with E-state index in [0.29, 0.717) is 6.54 Å². The summed E-state index contributed by atoms with van der Waals surface area (Å²) in [4.78, 5) is 0. The van der Waals surface area contributed by atoms with Gasteiger partial charge in [0, 0.05) is 5.56 Å². The van der Waals surface area contributed by atoms with Crippen LogP contribution in [0.3, 0.4) is 0 Å². The molecule has 0 bridgehead atoms. The first kappa shape index (κ1) is 7.92. The predicted molar refractivity (Wildman–Crippen MR) is 53.3 cm³/mol. The molecule has 0 N–H and O–H groups in total. The molecule has 0 amide bonds. The van der Waals surface area contributed by atoms with Crippen molar-refractivity contribution in [2.75, 3.05) is 6.54 Å².